The average Bonchev–Trinajstić information content (AvgIpc) is 3.03. The van der Waals surface area contributed by atoms with Crippen molar-refractivity contribution in [2.24, 2.45) is 0 Å². The molecule has 0 radical (unpaired) electrons. The van der Waals surface area contributed by atoms with E-state index in [1.165, 1.54) is 0 Å². The van der Waals surface area contributed by atoms with Crippen molar-refractivity contribution in [3.05, 3.63) is 76.6 Å². The van der Waals surface area contributed by atoms with Crippen molar-refractivity contribution in [2.45, 2.75) is 19.1 Å². The number of halogens is 1. The predicted octanol–water partition coefficient (Wildman–Crippen LogP) is 3.91. The molecule has 0 fully saturated rings. The lowest BCUT2D eigenvalue weighted by atomic mass is 10.1. The molecule has 7 heteroatoms. The lowest BCUT2D eigenvalue weighted by molar-refractivity contribution is -0.118. The van der Waals surface area contributed by atoms with Gasteiger partial charge in [-0.05, 0) is 43.2 Å². The number of carbonyl (C=O) groups excluding carboxylic acids is 1. The zero-order chi connectivity index (χ0) is 19.9. The summed E-state index contributed by atoms with van der Waals surface area (Å²) >= 11 is 5.89. The largest absolute Gasteiger partial charge is 0.441 e. The lowest BCUT2D eigenvalue weighted by Crippen LogP contribution is -2.30. The zero-order valence-corrected chi connectivity index (χ0v) is 17.1. The Morgan fingerprint density at radius 3 is 2.57 bits per heavy atom. The molecule has 146 valence electrons. The van der Waals surface area contributed by atoms with Crippen LogP contribution < -0.4 is 5.32 Å². The fourth-order valence-electron chi connectivity index (χ4n) is 2.67. The number of hydrogen-bond donors (Lipinski definition) is 1. The summed E-state index contributed by atoms with van der Waals surface area (Å²) in [5.74, 6) is 0.941. The van der Waals surface area contributed by atoms with Crippen molar-refractivity contribution in [2.75, 3.05) is 12.3 Å². The average molecular weight is 417 g/mol. The van der Waals surface area contributed by atoms with Crippen molar-refractivity contribution < 1.29 is 13.4 Å². The minimum absolute atomic E-state index is 0.0582. The minimum Gasteiger partial charge on any atom is -0.441 e. The summed E-state index contributed by atoms with van der Waals surface area (Å²) in [6.45, 7) is 2.29. The van der Waals surface area contributed by atoms with E-state index in [1.807, 2.05) is 42.5 Å². The maximum absolute atomic E-state index is 12.3. The van der Waals surface area contributed by atoms with Crippen LogP contribution in [0.1, 0.15) is 17.0 Å². The van der Waals surface area contributed by atoms with E-state index in [0.29, 0.717) is 28.9 Å². The zero-order valence-electron chi connectivity index (χ0n) is 15.5. The number of rotatable bonds is 8. The van der Waals surface area contributed by atoms with E-state index in [2.05, 4.69) is 10.3 Å². The molecule has 0 saturated carbocycles. The van der Waals surface area contributed by atoms with Gasteiger partial charge in [0.25, 0.3) is 0 Å². The van der Waals surface area contributed by atoms with Gasteiger partial charge in [-0.1, -0.05) is 41.9 Å². The molecule has 28 heavy (non-hydrogen) atoms. The number of aromatic nitrogens is 1. The van der Waals surface area contributed by atoms with Gasteiger partial charge in [0.05, 0.1) is 11.4 Å². The molecule has 0 aliphatic heterocycles. The van der Waals surface area contributed by atoms with Crippen LogP contribution in [0.5, 0.6) is 0 Å². The summed E-state index contributed by atoms with van der Waals surface area (Å²) in [6, 6.07) is 17.0. The van der Waals surface area contributed by atoms with Crippen LogP contribution in [0.15, 0.2) is 59.0 Å². The first-order valence-electron chi connectivity index (χ1n) is 8.89. The standard InChI is InChI=1S/C21H21ClN2O3S/c1-15-19(24-21(27-15)17-7-9-18(22)10-8-17)13-28(26)14-20(25)23-12-11-16-5-3-2-4-6-16/h2-10H,11-14H2,1H3,(H,23,25)/t28-/m1/s1. The van der Waals surface area contributed by atoms with Crippen LogP contribution in [0.3, 0.4) is 0 Å². The Hall–Kier alpha value is -2.44. The lowest BCUT2D eigenvalue weighted by Gasteiger charge is -2.05. The van der Waals surface area contributed by atoms with Gasteiger partial charge in [0, 0.05) is 27.9 Å². The molecule has 0 unspecified atom stereocenters. The second kappa shape index (κ2) is 9.66. The molecule has 3 aromatic rings. The molecule has 0 saturated heterocycles. The van der Waals surface area contributed by atoms with E-state index in [0.717, 1.165) is 17.5 Å². The van der Waals surface area contributed by atoms with Crippen molar-refractivity contribution in [1.82, 2.24) is 10.3 Å². The monoisotopic (exact) mass is 416 g/mol. The molecule has 1 heterocycles. The number of nitrogens with one attached hydrogen (secondary N) is 1. The summed E-state index contributed by atoms with van der Waals surface area (Å²) in [6.07, 6.45) is 0.742. The van der Waals surface area contributed by atoms with Crippen molar-refractivity contribution in [3.8, 4) is 11.5 Å². The highest BCUT2D eigenvalue weighted by atomic mass is 35.5. The fraction of sp³-hybridized carbons (Fsp3) is 0.238. The van der Waals surface area contributed by atoms with Gasteiger partial charge in [-0.25, -0.2) is 4.98 Å². The normalized spacial score (nSPS) is 11.9. The van der Waals surface area contributed by atoms with Gasteiger partial charge < -0.3 is 9.73 Å². The molecule has 1 aromatic heterocycles. The van der Waals surface area contributed by atoms with E-state index in [9.17, 15) is 9.00 Å². The molecule has 5 nitrogen and oxygen atoms in total. The molecule has 1 amide bonds. The molecule has 0 bridgehead atoms. The first-order valence-corrected chi connectivity index (χ1v) is 10.8. The van der Waals surface area contributed by atoms with Gasteiger partial charge in [-0.3, -0.25) is 9.00 Å². The van der Waals surface area contributed by atoms with Gasteiger partial charge in [0.1, 0.15) is 11.5 Å². The van der Waals surface area contributed by atoms with Crippen molar-refractivity contribution >= 4 is 28.3 Å². The Kier molecular flexibility index (Phi) is 7.01. The summed E-state index contributed by atoms with van der Waals surface area (Å²) < 4.78 is 18.0. The maximum Gasteiger partial charge on any atom is 0.232 e. The molecular weight excluding hydrogens is 396 g/mol. The van der Waals surface area contributed by atoms with Gasteiger partial charge in [0.15, 0.2) is 0 Å². The van der Waals surface area contributed by atoms with E-state index >= 15 is 0 Å². The Labute approximate surface area is 171 Å². The molecule has 0 spiro atoms. The molecular formula is C21H21ClN2O3S. The van der Waals surface area contributed by atoms with Crippen LogP contribution >= 0.6 is 11.6 Å². The Balaban J connectivity index is 1.50. The third-order valence-electron chi connectivity index (χ3n) is 4.15. The summed E-state index contributed by atoms with van der Waals surface area (Å²) in [4.78, 5) is 16.4. The molecule has 0 aliphatic rings. The molecule has 3 rings (SSSR count). The van der Waals surface area contributed by atoms with Crippen LogP contribution in [0.4, 0.5) is 0 Å². The third-order valence-corrected chi connectivity index (χ3v) is 5.58. The Bertz CT molecular complexity index is 956. The number of oxazole rings is 1. The van der Waals surface area contributed by atoms with Gasteiger partial charge in [-0.15, -0.1) is 0 Å². The fourth-order valence-corrected chi connectivity index (χ4v) is 3.86. The number of benzene rings is 2. The van der Waals surface area contributed by atoms with Gasteiger partial charge in [0.2, 0.25) is 11.8 Å². The number of aryl methyl sites for hydroxylation is 1. The first kappa shape index (κ1) is 20.3. The number of amides is 1. The maximum atomic E-state index is 12.3. The van der Waals surface area contributed by atoms with Crippen LogP contribution in [0.2, 0.25) is 5.02 Å². The quantitative estimate of drug-likeness (QED) is 0.604. The summed E-state index contributed by atoms with van der Waals surface area (Å²) in [5.41, 5.74) is 2.54. The van der Waals surface area contributed by atoms with Crippen LogP contribution in [0.25, 0.3) is 11.5 Å². The number of hydrogen-bond acceptors (Lipinski definition) is 4. The number of carbonyl (C=O) groups is 1. The topological polar surface area (TPSA) is 72.2 Å². The van der Waals surface area contributed by atoms with Crippen LogP contribution in [-0.2, 0) is 27.8 Å². The van der Waals surface area contributed by atoms with Crippen molar-refractivity contribution in [3.63, 3.8) is 0 Å². The Morgan fingerprint density at radius 1 is 1.14 bits per heavy atom. The third kappa shape index (κ3) is 5.78. The highest BCUT2D eigenvalue weighted by Gasteiger charge is 2.16. The van der Waals surface area contributed by atoms with Gasteiger partial charge in [-0.2, -0.15) is 0 Å². The van der Waals surface area contributed by atoms with Gasteiger partial charge >= 0.3 is 0 Å². The molecule has 1 atom stereocenters. The Morgan fingerprint density at radius 2 is 1.86 bits per heavy atom. The van der Waals surface area contributed by atoms with E-state index in [1.54, 1.807) is 19.1 Å². The molecule has 2 aromatic carbocycles. The highest BCUT2D eigenvalue weighted by Crippen LogP contribution is 2.24. The predicted molar refractivity (Wildman–Crippen MR) is 112 cm³/mol. The van der Waals surface area contributed by atoms with E-state index < -0.39 is 10.8 Å². The smallest absolute Gasteiger partial charge is 0.232 e. The van der Waals surface area contributed by atoms with Crippen LogP contribution in [-0.4, -0.2) is 27.4 Å². The molecule has 1 N–H and O–H groups in total. The second-order valence-electron chi connectivity index (χ2n) is 6.34. The minimum atomic E-state index is -1.36. The SMILES string of the molecule is Cc1oc(-c2ccc(Cl)cc2)nc1C[S@@](=O)CC(=O)NCCc1ccccc1. The van der Waals surface area contributed by atoms with E-state index in [4.69, 9.17) is 16.0 Å². The van der Waals surface area contributed by atoms with Crippen molar-refractivity contribution in [1.29, 1.82) is 0 Å². The first-order chi connectivity index (χ1) is 13.5. The summed E-state index contributed by atoms with van der Waals surface area (Å²) in [7, 11) is -1.36. The molecule has 0 aliphatic carbocycles. The second-order valence-corrected chi connectivity index (χ2v) is 8.24. The highest BCUT2D eigenvalue weighted by molar-refractivity contribution is 7.84. The number of nitrogens with zero attached hydrogens (tertiary/aromatic N) is 1. The van der Waals surface area contributed by atoms with Crippen LogP contribution in [0, 0.1) is 6.92 Å². The van der Waals surface area contributed by atoms with E-state index in [-0.39, 0.29) is 17.4 Å². The summed E-state index contributed by atoms with van der Waals surface area (Å²) in [5, 5.41) is 3.44.